The van der Waals surface area contributed by atoms with E-state index in [1.165, 1.54) is 23.1 Å². The van der Waals surface area contributed by atoms with Crippen LogP contribution in [0.1, 0.15) is 13.8 Å². The maximum absolute atomic E-state index is 11.9. The molecule has 19 heavy (non-hydrogen) atoms. The Bertz CT molecular complexity index is 425. The third-order valence-electron chi connectivity index (χ3n) is 2.54. The smallest absolute Gasteiger partial charge is 0.326 e. The summed E-state index contributed by atoms with van der Waals surface area (Å²) in [5, 5.41) is 12.0. The van der Waals surface area contributed by atoms with Crippen molar-refractivity contribution in [1.82, 2.24) is 15.5 Å². The van der Waals surface area contributed by atoms with E-state index in [4.69, 9.17) is 4.74 Å². The third-order valence-corrected chi connectivity index (χ3v) is 5.08. The molecular weight excluding hydrogens is 284 g/mol. The highest BCUT2D eigenvalue weighted by molar-refractivity contribution is 8.01. The molecule has 0 aliphatic heterocycles. The number of hydrogen-bond acceptors (Lipinski definition) is 8. The molecule has 0 fully saturated rings. The van der Waals surface area contributed by atoms with E-state index in [0.717, 1.165) is 9.47 Å². The van der Waals surface area contributed by atoms with Gasteiger partial charge in [0.15, 0.2) is 4.34 Å². The van der Waals surface area contributed by atoms with Crippen LogP contribution in [0.2, 0.25) is 0 Å². The van der Waals surface area contributed by atoms with Crippen molar-refractivity contribution in [2.45, 2.75) is 23.7 Å². The number of nitrogens with zero attached hydrogens (tertiary/aromatic N) is 3. The zero-order valence-corrected chi connectivity index (χ0v) is 13.5. The molecule has 1 N–H and O–H groups in total. The van der Waals surface area contributed by atoms with Crippen molar-refractivity contribution in [3.05, 3.63) is 0 Å². The van der Waals surface area contributed by atoms with Gasteiger partial charge in [0.1, 0.15) is 5.54 Å². The molecule has 0 aromatic carbocycles. The van der Waals surface area contributed by atoms with Gasteiger partial charge in [0.25, 0.3) is 0 Å². The number of aromatic nitrogens is 2. The van der Waals surface area contributed by atoms with Crippen LogP contribution in [-0.2, 0) is 9.53 Å². The van der Waals surface area contributed by atoms with Crippen LogP contribution in [0.4, 0.5) is 5.13 Å². The van der Waals surface area contributed by atoms with Gasteiger partial charge in [0.2, 0.25) is 5.13 Å². The second-order valence-corrected chi connectivity index (χ2v) is 6.51. The van der Waals surface area contributed by atoms with Crippen LogP contribution in [0, 0.1) is 0 Å². The van der Waals surface area contributed by atoms with Gasteiger partial charge in [-0.05, 0) is 20.9 Å². The minimum atomic E-state index is -0.718. The normalized spacial score (nSPS) is 13.9. The van der Waals surface area contributed by atoms with Crippen molar-refractivity contribution < 1.29 is 9.53 Å². The summed E-state index contributed by atoms with van der Waals surface area (Å²) in [6.45, 7) is 4.01. The first-order valence-electron chi connectivity index (χ1n) is 5.92. The minimum Gasteiger partial charge on any atom is -0.465 e. The highest BCUT2D eigenvalue weighted by Gasteiger charge is 2.33. The van der Waals surface area contributed by atoms with Gasteiger partial charge in [0.05, 0.1) is 6.61 Å². The van der Waals surface area contributed by atoms with Crippen molar-refractivity contribution in [3.63, 3.8) is 0 Å². The molecule has 0 aliphatic carbocycles. The molecule has 1 aromatic rings. The second-order valence-electron chi connectivity index (χ2n) is 4.34. The first-order chi connectivity index (χ1) is 8.92. The predicted octanol–water partition coefficient (Wildman–Crippen LogP) is 1.24. The summed E-state index contributed by atoms with van der Waals surface area (Å²) in [5.74, 6) is 0.298. The summed E-state index contributed by atoms with van der Waals surface area (Å²) in [6, 6.07) is 0. The Kier molecular flexibility index (Phi) is 6.02. The van der Waals surface area contributed by atoms with Gasteiger partial charge in [-0.3, -0.25) is 4.79 Å². The van der Waals surface area contributed by atoms with Gasteiger partial charge in [-0.25, -0.2) is 0 Å². The molecule has 1 rings (SSSR count). The zero-order valence-electron chi connectivity index (χ0n) is 11.9. The molecule has 1 aromatic heterocycles. The highest BCUT2D eigenvalue weighted by atomic mass is 32.2. The Morgan fingerprint density at radius 2 is 2.21 bits per heavy atom. The Hall–Kier alpha value is -0.860. The number of nitrogens with one attached hydrogen (secondary N) is 1. The second kappa shape index (κ2) is 7.06. The van der Waals surface area contributed by atoms with E-state index in [1.807, 2.05) is 25.9 Å². The molecule has 6 nitrogen and oxygen atoms in total. The maximum Gasteiger partial charge on any atom is 0.326 e. The van der Waals surface area contributed by atoms with Gasteiger partial charge in [-0.1, -0.05) is 23.1 Å². The first kappa shape index (κ1) is 16.2. The van der Waals surface area contributed by atoms with Crippen LogP contribution >= 0.6 is 23.1 Å². The van der Waals surface area contributed by atoms with Crippen LogP contribution in [-0.4, -0.2) is 55.2 Å². The number of thioether (sulfide) groups is 1. The molecule has 108 valence electrons. The largest absolute Gasteiger partial charge is 0.465 e. The van der Waals surface area contributed by atoms with E-state index >= 15 is 0 Å². The lowest BCUT2D eigenvalue weighted by atomic mass is 10.1. The van der Waals surface area contributed by atoms with Gasteiger partial charge < -0.3 is 15.0 Å². The van der Waals surface area contributed by atoms with Crippen LogP contribution in [0.15, 0.2) is 4.34 Å². The molecule has 0 radical (unpaired) electrons. The number of esters is 1. The average molecular weight is 304 g/mol. The fraction of sp³-hybridized carbons (Fsp3) is 0.727. The number of ether oxygens (including phenoxy) is 1. The van der Waals surface area contributed by atoms with Gasteiger partial charge >= 0.3 is 5.97 Å². The van der Waals surface area contributed by atoms with Gasteiger partial charge in [-0.2, -0.15) is 0 Å². The van der Waals surface area contributed by atoms with Crippen molar-refractivity contribution in [2.24, 2.45) is 0 Å². The number of anilines is 1. The van der Waals surface area contributed by atoms with E-state index in [0.29, 0.717) is 12.4 Å². The van der Waals surface area contributed by atoms with Crippen LogP contribution in [0.25, 0.3) is 0 Å². The fourth-order valence-corrected chi connectivity index (χ4v) is 3.08. The lowest BCUT2D eigenvalue weighted by Crippen LogP contribution is -2.50. The quantitative estimate of drug-likeness (QED) is 0.600. The SMILES string of the molecule is CCOC(=O)C(C)(CSc1nnc(N(C)C)s1)NC. The number of rotatable bonds is 7. The molecule has 0 saturated heterocycles. The third kappa shape index (κ3) is 4.32. The molecule has 0 amide bonds. The highest BCUT2D eigenvalue weighted by Crippen LogP contribution is 2.29. The number of likely N-dealkylation sites (N-methyl/N-ethyl adjacent to an activating group) is 1. The number of carbonyl (C=O) groups excluding carboxylic acids is 1. The molecule has 1 heterocycles. The van der Waals surface area contributed by atoms with E-state index in [-0.39, 0.29) is 5.97 Å². The summed E-state index contributed by atoms with van der Waals surface area (Å²) in [7, 11) is 5.60. The molecule has 0 saturated carbocycles. The monoisotopic (exact) mass is 304 g/mol. The summed E-state index contributed by atoms with van der Waals surface area (Å²) in [4.78, 5) is 13.8. The average Bonchev–Trinajstić information content (AvgIpc) is 2.85. The lowest BCUT2D eigenvalue weighted by Gasteiger charge is -2.25. The topological polar surface area (TPSA) is 67.3 Å². The number of carbonyl (C=O) groups is 1. The molecule has 8 heteroatoms. The van der Waals surface area contributed by atoms with Crippen LogP contribution in [0.3, 0.4) is 0 Å². The Balaban J connectivity index is 2.64. The van der Waals surface area contributed by atoms with Crippen molar-refractivity contribution in [2.75, 3.05) is 38.4 Å². The van der Waals surface area contributed by atoms with E-state index in [9.17, 15) is 4.79 Å². The molecule has 1 atom stereocenters. The summed E-state index contributed by atoms with van der Waals surface area (Å²) in [5.41, 5.74) is -0.718. The van der Waals surface area contributed by atoms with Crippen molar-refractivity contribution in [3.8, 4) is 0 Å². The molecule has 0 aliphatic rings. The summed E-state index contributed by atoms with van der Waals surface area (Å²) >= 11 is 3.00. The van der Waals surface area contributed by atoms with Crippen LogP contribution < -0.4 is 10.2 Å². The standard InChI is InChI=1S/C11H20N4O2S2/c1-6-17-8(16)11(2,12-3)7-18-10-14-13-9(19-10)15(4)5/h12H,6-7H2,1-5H3. The predicted molar refractivity (Wildman–Crippen MR) is 79.1 cm³/mol. The van der Waals surface area contributed by atoms with E-state index in [2.05, 4.69) is 15.5 Å². The number of hydrogen-bond donors (Lipinski definition) is 1. The molecule has 0 bridgehead atoms. The summed E-state index contributed by atoms with van der Waals surface area (Å²) < 4.78 is 5.92. The van der Waals surface area contributed by atoms with Crippen LogP contribution in [0.5, 0.6) is 0 Å². The Morgan fingerprint density at radius 3 is 2.68 bits per heavy atom. The minimum absolute atomic E-state index is 0.248. The Labute approximate surface area is 121 Å². The van der Waals surface area contributed by atoms with E-state index < -0.39 is 5.54 Å². The summed E-state index contributed by atoms with van der Waals surface area (Å²) in [6.07, 6.45) is 0. The van der Waals surface area contributed by atoms with Gasteiger partial charge in [-0.15, -0.1) is 10.2 Å². The van der Waals surface area contributed by atoms with E-state index in [1.54, 1.807) is 14.0 Å². The zero-order chi connectivity index (χ0) is 14.5. The molecule has 0 spiro atoms. The fourth-order valence-electron chi connectivity index (χ4n) is 1.17. The van der Waals surface area contributed by atoms with Crippen molar-refractivity contribution >= 4 is 34.2 Å². The lowest BCUT2D eigenvalue weighted by molar-refractivity contribution is -0.149. The first-order valence-corrected chi connectivity index (χ1v) is 7.73. The van der Waals surface area contributed by atoms with Crippen molar-refractivity contribution in [1.29, 1.82) is 0 Å². The molecule has 1 unspecified atom stereocenters. The maximum atomic E-state index is 11.9. The molecular formula is C11H20N4O2S2. The van der Waals surface area contributed by atoms with Gasteiger partial charge in [0, 0.05) is 19.8 Å². The Morgan fingerprint density at radius 1 is 1.53 bits per heavy atom.